The number of primary amides is 1. The Morgan fingerprint density at radius 3 is 1.69 bits per heavy atom. The highest BCUT2D eigenvalue weighted by molar-refractivity contribution is 5.65. The van der Waals surface area contributed by atoms with E-state index in [4.69, 9.17) is 10.8 Å². The fourth-order valence-electron chi connectivity index (χ4n) is 1.55. The Morgan fingerprint density at radius 1 is 1.31 bits per heavy atom. The molecule has 2 rings (SSSR count). The Labute approximate surface area is 97.6 Å². The Morgan fingerprint density at radius 2 is 1.69 bits per heavy atom. The number of nitrogens with zero attached hydrogens (tertiary/aromatic N) is 1. The van der Waals surface area contributed by atoms with Crippen LogP contribution in [0.4, 0.5) is 4.79 Å². The highest BCUT2D eigenvalue weighted by atomic mass is 16.6. The summed E-state index contributed by atoms with van der Waals surface area (Å²) in [5.74, 6) is 0. The third-order valence-corrected chi connectivity index (χ3v) is 2.42. The minimum Gasteiger partial charge on any atom is -0.444 e. The monoisotopic (exact) mass is 232 g/mol. The van der Waals surface area contributed by atoms with E-state index in [9.17, 15) is 4.79 Å². The molecule has 96 valence electrons. The molecule has 0 atom stereocenters. The number of hydrogen-bond acceptors (Lipinski definition) is 4. The maximum Gasteiger partial charge on any atom is 0.405 e. The second-order valence-electron chi connectivity index (χ2n) is 4.80. The lowest BCUT2D eigenvalue weighted by Gasteiger charge is -2.50. The van der Waals surface area contributed by atoms with Gasteiger partial charge in [-0.3, -0.25) is 0 Å². The normalized spacial score (nSPS) is 18.6. The topological polar surface area (TPSA) is 75.8 Å². The number of aliphatic hydroxyl groups is 1. The SMILES string of the molecule is C1CN2CCC12.CC(C)(C)OC(N)=O.CO. The molecule has 0 aromatic rings. The summed E-state index contributed by atoms with van der Waals surface area (Å²) in [4.78, 5) is 12.5. The van der Waals surface area contributed by atoms with Crippen LogP contribution in [0.25, 0.3) is 0 Å². The fourth-order valence-corrected chi connectivity index (χ4v) is 1.55. The minimum absolute atomic E-state index is 0.453. The van der Waals surface area contributed by atoms with Crippen molar-refractivity contribution in [2.24, 2.45) is 5.73 Å². The van der Waals surface area contributed by atoms with E-state index >= 15 is 0 Å². The summed E-state index contributed by atoms with van der Waals surface area (Å²) in [6.45, 7) is 8.07. The molecule has 3 N–H and O–H groups in total. The highest BCUT2D eigenvalue weighted by Gasteiger charge is 2.34. The van der Waals surface area contributed by atoms with E-state index in [1.165, 1.54) is 25.9 Å². The molecular formula is C11H24N2O3. The lowest BCUT2D eigenvalue weighted by molar-refractivity contribution is -0.00222. The van der Waals surface area contributed by atoms with Crippen molar-refractivity contribution in [3.05, 3.63) is 0 Å². The summed E-state index contributed by atoms with van der Waals surface area (Å²) in [6.07, 6.45) is 2.25. The molecule has 0 aliphatic carbocycles. The molecule has 2 fully saturated rings. The first-order valence-electron chi connectivity index (χ1n) is 5.56. The predicted octanol–water partition coefficient (Wildman–Crippen LogP) is 0.953. The number of carbonyl (C=O) groups is 1. The predicted molar refractivity (Wildman–Crippen MR) is 63.2 cm³/mol. The molecule has 0 radical (unpaired) electrons. The van der Waals surface area contributed by atoms with Crippen molar-refractivity contribution in [3.8, 4) is 0 Å². The summed E-state index contributed by atoms with van der Waals surface area (Å²) >= 11 is 0. The van der Waals surface area contributed by atoms with Gasteiger partial charge in [0.05, 0.1) is 0 Å². The third kappa shape index (κ3) is 5.92. The molecule has 2 heterocycles. The van der Waals surface area contributed by atoms with Crippen molar-refractivity contribution >= 4 is 6.09 Å². The van der Waals surface area contributed by atoms with Crippen molar-refractivity contribution in [1.82, 2.24) is 4.90 Å². The van der Waals surface area contributed by atoms with Crippen LogP contribution in [-0.4, -0.2) is 47.9 Å². The van der Waals surface area contributed by atoms with Gasteiger partial charge < -0.3 is 20.5 Å². The molecule has 0 unspecified atom stereocenters. The summed E-state index contributed by atoms with van der Waals surface area (Å²) < 4.78 is 4.58. The number of piperidine rings is 1. The number of carbonyl (C=O) groups excluding carboxylic acids is 1. The van der Waals surface area contributed by atoms with Gasteiger partial charge in [-0.05, 0) is 46.7 Å². The zero-order valence-electron chi connectivity index (χ0n) is 10.7. The largest absolute Gasteiger partial charge is 0.444 e. The van der Waals surface area contributed by atoms with Crippen LogP contribution in [0.2, 0.25) is 0 Å². The highest BCUT2D eigenvalue weighted by Crippen LogP contribution is 2.28. The van der Waals surface area contributed by atoms with Crippen molar-refractivity contribution in [2.75, 3.05) is 20.2 Å². The molecule has 2 saturated heterocycles. The number of rotatable bonds is 0. The van der Waals surface area contributed by atoms with Gasteiger partial charge in [-0.15, -0.1) is 0 Å². The molecule has 0 aromatic heterocycles. The lowest BCUT2D eigenvalue weighted by Crippen LogP contribution is -2.57. The van der Waals surface area contributed by atoms with Gasteiger partial charge in [0.1, 0.15) is 5.60 Å². The molecule has 0 bridgehead atoms. The molecule has 2 aliphatic heterocycles. The Balaban J connectivity index is 0.000000247. The summed E-state index contributed by atoms with van der Waals surface area (Å²) in [5.41, 5.74) is 4.26. The van der Waals surface area contributed by atoms with Gasteiger partial charge in [0.15, 0.2) is 0 Å². The number of hydrogen-bond donors (Lipinski definition) is 2. The summed E-state index contributed by atoms with van der Waals surface area (Å²) in [6, 6.07) is 1.05. The lowest BCUT2D eigenvalue weighted by atomic mass is 9.91. The molecule has 0 saturated carbocycles. The standard InChI is InChI=1S/C5H11NO2.C5H9N.CH4O/c1-5(2,3)8-4(6)7;1-3-6-4-2-5(1)6;1-2/h1-3H3,(H2,6,7);5H,1-4H2;2H,1H3. The average Bonchev–Trinajstić information content (AvgIpc) is 2.11. The van der Waals surface area contributed by atoms with E-state index in [0.717, 1.165) is 13.2 Å². The van der Waals surface area contributed by atoms with E-state index in [-0.39, 0.29) is 0 Å². The van der Waals surface area contributed by atoms with Crippen LogP contribution in [0.15, 0.2) is 0 Å². The molecule has 0 aromatic carbocycles. The number of fused-ring (bicyclic) bond motifs is 1. The van der Waals surface area contributed by atoms with Crippen LogP contribution in [0.5, 0.6) is 0 Å². The van der Waals surface area contributed by atoms with Crippen molar-refractivity contribution in [2.45, 2.75) is 45.3 Å². The van der Waals surface area contributed by atoms with Gasteiger partial charge in [-0.1, -0.05) is 0 Å². The Kier molecular flexibility index (Phi) is 6.36. The van der Waals surface area contributed by atoms with E-state index in [2.05, 4.69) is 9.64 Å². The molecule has 5 heteroatoms. The maximum absolute atomic E-state index is 10.0. The van der Waals surface area contributed by atoms with Crippen molar-refractivity contribution in [3.63, 3.8) is 0 Å². The minimum atomic E-state index is -0.725. The van der Waals surface area contributed by atoms with Gasteiger partial charge >= 0.3 is 6.09 Å². The Bertz CT molecular complexity index is 196. The zero-order chi connectivity index (χ0) is 12.8. The van der Waals surface area contributed by atoms with Crippen molar-refractivity contribution < 1.29 is 14.6 Å². The van der Waals surface area contributed by atoms with Crippen LogP contribution in [0.3, 0.4) is 0 Å². The first-order chi connectivity index (χ1) is 7.38. The quantitative estimate of drug-likeness (QED) is 0.652. The number of amides is 1. The first-order valence-corrected chi connectivity index (χ1v) is 5.56. The van der Waals surface area contributed by atoms with Crippen LogP contribution in [0.1, 0.15) is 33.6 Å². The second kappa shape index (κ2) is 6.70. The van der Waals surface area contributed by atoms with Gasteiger partial charge in [0.25, 0.3) is 0 Å². The van der Waals surface area contributed by atoms with E-state index in [1.807, 2.05) is 0 Å². The second-order valence-corrected chi connectivity index (χ2v) is 4.80. The fraction of sp³-hybridized carbons (Fsp3) is 0.909. The average molecular weight is 232 g/mol. The van der Waals surface area contributed by atoms with E-state index in [1.54, 1.807) is 20.8 Å². The van der Waals surface area contributed by atoms with Gasteiger partial charge in [0, 0.05) is 13.2 Å². The molecule has 0 spiro atoms. The van der Waals surface area contributed by atoms with Crippen molar-refractivity contribution in [1.29, 1.82) is 0 Å². The zero-order valence-corrected chi connectivity index (χ0v) is 10.7. The van der Waals surface area contributed by atoms with Gasteiger partial charge in [-0.2, -0.15) is 0 Å². The Hall–Kier alpha value is -0.810. The smallest absolute Gasteiger partial charge is 0.405 e. The van der Waals surface area contributed by atoms with Crippen LogP contribution in [-0.2, 0) is 4.74 Å². The third-order valence-electron chi connectivity index (χ3n) is 2.42. The van der Waals surface area contributed by atoms with Gasteiger partial charge in [-0.25, -0.2) is 4.79 Å². The number of nitrogens with two attached hydrogens (primary N) is 1. The molecule has 2 aliphatic rings. The number of ether oxygens (including phenoxy) is 1. The maximum atomic E-state index is 10.0. The van der Waals surface area contributed by atoms with E-state index in [0.29, 0.717) is 0 Å². The molecule has 1 amide bonds. The molecular weight excluding hydrogens is 208 g/mol. The number of aliphatic hydroxyl groups excluding tert-OH is 1. The summed E-state index contributed by atoms with van der Waals surface area (Å²) in [5, 5.41) is 7.00. The summed E-state index contributed by atoms with van der Waals surface area (Å²) in [7, 11) is 1.00. The van der Waals surface area contributed by atoms with Crippen LogP contribution < -0.4 is 5.73 Å². The molecule has 5 nitrogen and oxygen atoms in total. The van der Waals surface area contributed by atoms with Gasteiger partial charge in [0.2, 0.25) is 0 Å². The first kappa shape index (κ1) is 15.2. The molecule has 16 heavy (non-hydrogen) atoms. The van der Waals surface area contributed by atoms with Crippen LogP contribution >= 0.6 is 0 Å². The van der Waals surface area contributed by atoms with Crippen LogP contribution in [0, 0.1) is 0 Å². The van der Waals surface area contributed by atoms with E-state index < -0.39 is 11.7 Å².